The van der Waals surface area contributed by atoms with Crippen LogP contribution < -0.4 is 10.6 Å². The van der Waals surface area contributed by atoms with Gasteiger partial charge in [0.25, 0.3) is 0 Å². The summed E-state index contributed by atoms with van der Waals surface area (Å²) in [7, 11) is 0. The fraction of sp³-hybridized carbons (Fsp3) is 0.552. The molecule has 2 fully saturated rings. The molecule has 2 unspecified atom stereocenters. The van der Waals surface area contributed by atoms with Gasteiger partial charge in [-0.2, -0.15) is 0 Å². The quantitative estimate of drug-likeness (QED) is 0.442. The molecule has 0 aromatic heterocycles. The molecule has 2 atom stereocenters. The van der Waals surface area contributed by atoms with Crippen LogP contribution in [0.5, 0.6) is 0 Å². The van der Waals surface area contributed by atoms with Crippen molar-refractivity contribution >= 4 is 5.91 Å². The van der Waals surface area contributed by atoms with Gasteiger partial charge in [0.15, 0.2) is 0 Å². The van der Waals surface area contributed by atoms with Crippen LogP contribution in [0.3, 0.4) is 0 Å². The number of amides is 1. The van der Waals surface area contributed by atoms with Gasteiger partial charge in [-0.15, -0.1) is 0 Å². The van der Waals surface area contributed by atoms with Gasteiger partial charge in [-0.05, 0) is 66.8 Å². The van der Waals surface area contributed by atoms with Crippen LogP contribution in [0.1, 0.15) is 87.3 Å². The normalized spacial score (nSPS) is 19.9. The molecule has 0 heterocycles. The van der Waals surface area contributed by atoms with Gasteiger partial charge < -0.3 is 15.7 Å². The number of benzene rings is 2. The first kappa shape index (κ1) is 25.8. The summed E-state index contributed by atoms with van der Waals surface area (Å²) < 4.78 is 27.4. The summed E-state index contributed by atoms with van der Waals surface area (Å²) in [4.78, 5) is 11.8. The number of hydrogen-bond acceptors (Lipinski definition) is 3. The summed E-state index contributed by atoms with van der Waals surface area (Å²) in [5.41, 5.74) is 2.87. The van der Waals surface area contributed by atoms with Crippen LogP contribution in [-0.4, -0.2) is 29.7 Å². The van der Waals surface area contributed by atoms with Crippen LogP contribution in [-0.2, 0) is 16.8 Å². The molecule has 4 rings (SSSR count). The molecule has 190 valence electrons. The van der Waals surface area contributed by atoms with Crippen molar-refractivity contribution in [1.29, 1.82) is 0 Å². The maximum Gasteiger partial charge on any atom is 0.217 e. The molecule has 4 nitrogen and oxygen atoms in total. The molecule has 2 aromatic carbocycles. The standard InChI is InChI=1S/C29H38F2N2O2/c1-20(34)33-27(16-21-14-25(30)18-26(31)15-21)28(35)19-32-29(12-5-2-6-13-29)24-11-7-10-23(17-24)22-8-3-4-9-22/h7,10-11,14-15,17-18,22,27-28,32,35H,2-6,8-9,12-13,16,19H2,1H3,(H,33,34). The largest absolute Gasteiger partial charge is 0.390 e. The fourth-order valence-corrected chi connectivity index (χ4v) is 6.04. The Bertz CT molecular complexity index is 980. The van der Waals surface area contributed by atoms with Gasteiger partial charge in [-0.1, -0.05) is 56.4 Å². The molecule has 6 heteroatoms. The van der Waals surface area contributed by atoms with E-state index in [9.17, 15) is 18.7 Å². The van der Waals surface area contributed by atoms with Crippen LogP contribution in [0.4, 0.5) is 8.78 Å². The number of aliphatic hydroxyl groups is 1. The van der Waals surface area contributed by atoms with Crippen molar-refractivity contribution in [2.24, 2.45) is 0 Å². The number of nitrogens with one attached hydrogen (secondary N) is 2. The first-order chi connectivity index (χ1) is 16.8. The second kappa shape index (κ2) is 11.6. The topological polar surface area (TPSA) is 61.4 Å². The summed E-state index contributed by atoms with van der Waals surface area (Å²) in [5, 5.41) is 17.6. The minimum atomic E-state index is -0.915. The third-order valence-corrected chi connectivity index (χ3v) is 7.85. The zero-order chi connectivity index (χ0) is 24.8. The summed E-state index contributed by atoms with van der Waals surface area (Å²) in [5.74, 6) is -0.991. The number of rotatable bonds is 9. The Labute approximate surface area is 207 Å². The van der Waals surface area contributed by atoms with E-state index in [0.717, 1.165) is 31.7 Å². The number of hydrogen-bond donors (Lipinski definition) is 3. The lowest BCUT2D eigenvalue weighted by Gasteiger charge is -2.40. The molecule has 3 N–H and O–H groups in total. The molecular formula is C29H38F2N2O2. The molecule has 2 aromatic rings. The highest BCUT2D eigenvalue weighted by atomic mass is 19.1. The zero-order valence-corrected chi connectivity index (χ0v) is 20.7. The van der Waals surface area contributed by atoms with E-state index in [0.29, 0.717) is 11.5 Å². The summed E-state index contributed by atoms with van der Waals surface area (Å²) in [6, 6.07) is 11.6. The zero-order valence-electron chi connectivity index (χ0n) is 20.7. The molecule has 35 heavy (non-hydrogen) atoms. The molecule has 2 aliphatic carbocycles. The minimum Gasteiger partial charge on any atom is -0.390 e. The molecule has 2 saturated carbocycles. The predicted octanol–water partition coefficient (Wildman–Crippen LogP) is 5.48. The lowest BCUT2D eigenvalue weighted by molar-refractivity contribution is -0.120. The van der Waals surface area contributed by atoms with Crippen molar-refractivity contribution in [2.45, 2.75) is 94.7 Å². The minimum absolute atomic E-state index is 0.140. The highest BCUT2D eigenvalue weighted by Gasteiger charge is 2.35. The maximum absolute atomic E-state index is 13.7. The number of aliphatic hydroxyl groups excluding tert-OH is 1. The molecule has 0 aliphatic heterocycles. The van der Waals surface area contributed by atoms with Crippen molar-refractivity contribution in [1.82, 2.24) is 10.6 Å². The summed E-state index contributed by atoms with van der Waals surface area (Å²) >= 11 is 0. The van der Waals surface area contributed by atoms with Crippen LogP contribution in [0, 0.1) is 11.6 Å². The van der Waals surface area contributed by atoms with Crippen molar-refractivity contribution in [3.05, 3.63) is 70.8 Å². The van der Waals surface area contributed by atoms with Gasteiger partial charge in [0.05, 0.1) is 12.1 Å². The van der Waals surface area contributed by atoms with E-state index in [-0.39, 0.29) is 24.4 Å². The van der Waals surface area contributed by atoms with Gasteiger partial charge >= 0.3 is 0 Å². The van der Waals surface area contributed by atoms with Gasteiger partial charge in [0.1, 0.15) is 11.6 Å². The highest BCUT2D eigenvalue weighted by Crippen LogP contribution is 2.40. The van der Waals surface area contributed by atoms with Crippen molar-refractivity contribution < 1.29 is 18.7 Å². The Morgan fingerprint density at radius 3 is 2.37 bits per heavy atom. The van der Waals surface area contributed by atoms with Gasteiger partial charge in [-0.25, -0.2) is 8.78 Å². The van der Waals surface area contributed by atoms with E-state index in [1.165, 1.54) is 62.3 Å². The van der Waals surface area contributed by atoms with Crippen molar-refractivity contribution in [2.75, 3.05) is 6.54 Å². The van der Waals surface area contributed by atoms with E-state index in [1.54, 1.807) is 0 Å². The van der Waals surface area contributed by atoms with E-state index in [4.69, 9.17) is 0 Å². The second-order valence-electron chi connectivity index (χ2n) is 10.5. The monoisotopic (exact) mass is 484 g/mol. The Hall–Kier alpha value is -2.31. The predicted molar refractivity (Wildman–Crippen MR) is 134 cm³/mol. The van der Waals surface area contributed by atoms with Gasteiger partial charge in [-0.3, -0.25) is 4.79 Å². The van der Waals surface area contributed by atoms with Crippen LogP contribution in [0.15, 0.2) is 42.5 Å². The SMILES string of the molecule is CC(=O)NC(Cc1cc(F)cc(F)c1)C(O)CNC1(c2cccc(C3CCCC3)c2)CCCCC1. The molecule has 0 radical (unpaired) electrons. The van der Waals surface area contributed by atoms with Gasteiger partial charge in [0, 0.05) is 25.1 Å². The number of carbonyl (C=O) groups excluding carboxylic acids is 1. The van der Waals surface area contributed by atoms with Crippen LogP contribution in [0.2, 0.25) is 0 Å². The lowest BCUT2D eigenvalue weighted by atomic mass is 9.75. The maximum atomic E-state index is 13.7. The van der Waals surface area contributed by atoms with E-state index < -0.39 is 23.8 Å². The van der Waals surface area contributed by atoms with Crippen LogP contribution in [0.25, 0.3) is 0 Å². The van der Waals surface area contributed by atoms with E-state index >= 15 is 0 Å². The average Bonchev–Trinajstić information content (AvgIpc) is 3.37. The fourth-order valence-electron chi connectivity index (χ4n) is 6.04. The van der Waals surface area contributed by atoms with Crippen molar-refractivity contribution in [3.8, 4) is 0 Å². The third-order valence-electron chi connectivity index (χ3n) is 7.85. The Kier molecular flexibility index (Phi) is 8.55. The summed E-state index contributed by atoms with van der Waals surface area (Å²) in [6.07, 6.45) is 9.75. The van der Waals surface area contributed by atoms with E-state index in [2.05, 4.69) is 34.9 Å². The Morgan fingerprint density at radius 1 is 1.03 bits per heavy atom. The molecule has 2 aliphatic rings. The molecule has 0 spiro atoms. The molecular weight excluding hydrogens is 446 g/mol. The van der Waals surface area contributed by atoms with Crippen molar-refractivity contribution in [3.63, 3.8) is 0 Å². The molecule has 0 saturated heterocycles. The lowest BCUT2D eigenvalue weighted by Crippen LogP contribution is -2.53. The Morgan fingerprint density at radius 2 is 1.71 bits per heavy atom. The van der Waals surface area contributed by atoms with E-state index in [1.807, 2.05) is 0 Å². The summed E-state index contributed by atoms with van der Waals surface area (Å²) in [6.45, 7) is 1.66. The molecule has 0 bridgehead atoms. The molecule has 1 amide bonds. The first-order valence-corrected chi connectivity index (χ1v) is 13.1. The Balaban J connectivity index is 1.51. The number of carbonyl (C=O) groups is 1. The third kappa shape index (κ3) is 6.68. The number of halogens is 2. The average molecular weight is 485 g/mol. The second-order valence-corrected chi connectivity index (χ2v) is 10.5. The van der Waals surface area contributed by atoms with Gasteiger partial charge in [0.2, 0.25) is 5.91 Å². The van der Waals surface area contributed by atoms with Crippen LogP contribution >= 0.6 is 0 Å². The highest BCUT2D eigenvalue weighted by molar-refractivity contribution is 5.73. The smallest absolute Gasteiger partial charge is 0.217 e. The first-order valence-electron chi connectivity index (χ1n) is 13.1.